The molecule has 0 spiro atoms. The highest BCUT2D eigenvalue weighted by Gasteiger charge is 2.15. The third-order valence-electron chi connectivity index (χ3n) is 2.07. The molecule has 0 aliphatic heterocycles. The number of ether oxygens (including phenoxy) is 1. The number of hydrogen-bond donors (Lipinski definition) is 0. The molecule has 0 amide bonds. The first-order chi connectivity index (χ1) is 7.04. The van der Waals surface area contributed by atoms with Gasteiger partial charge < -0.3 is 4.74 Å². The summed E-state index contributed by atoms with van der Waals surface area (Å²) >= 11 is 3.33. The molecule has 3 nitrogen and oxygen atoms in total. The van der Waals surface area contributed by atoms with Gasteiger partial charge in [0.15, 0.2) is 0 Å². The first kappa shape index (κ1) is 11.9. The number of aryl methyl sites for hydroxylation is 1. The van der Waals surface area contributed by atoms with Gasteiger partial charge in [0.1, 0.15) is 0 Å². The SMILES string of the molecule is COC(=O)C(=O)Cc1ccc(Br)cc1C. The van der Waals surface area contributed by atoms with Crippen molar-refractivity contribution in [3.63, 3.8) is 0 Å². The number of carbonyl (C=O) groups excluding carboxylic acids is 2. The van der Waals surface area contributed by atoms with Crippen molar-refractivity contribution in [1.82, 2.24) is 0 Å². The van der Waals surface area contributed by atoms with Gasteiger partial charge >= 0.3 is 5.97 Å². The van der Waals surface area contributed by atoms with Crippen molar-refractivity contribution in [2.75, 3.05) is 7.11 Å². The molecule has 1 aromatic rings. The lowest BCUT2D eigenvalue weighted by molar-refractivity contribution is -0.151. The van der Waals surface area contributed by atoms with Crippen LogP contribution in [0.5, 0.6) is 0 Å². The number of methoxy groups -OCH3 is 1. The van der Waals surface area contributed by atoms with Crippen molar-refractivity contribution in [1.29, 1.82) is 0 Å². The van der Waals surface area contributed by atoms with E-state index in [1.165, 1.54) is 7.11 Å². The van der Waals surface area contributed by atoms with E-state index in [2.05, 4.69) is 20.7 Å². The van der Waals surface area contributed by atoms with Gasteiger partial charge in [-0.05, 0) is 30.2 Å². The average molecular weight is 271 g/mol. The molecule has 0 N–H and O–H groups in total. The summed E-state index contributed by atoms with van der Waals surface area (Å²) in [5.74, 6) is -1.32. The lowest BCUT2D eigenvalue weighted by Gasteiger charge is -2.04. The summed E-state index contributed by atoms with van der Waals surface area (Å²) in [5.41, 5.74) is 1.82. The van der Waals surface area contributed by atoms with Gasteiger partial charge in [-0.2, -0.15) is 0 Å². The summed E-state index contributed by atoms with van der Waals surface area (Å²) in [6.45, 7) is 1.89. The molecule has 4 heteroatoms. The van der Waals surface area contributed by atoms with Gasteiger partial charge in [-0.25, -0.2) is 4.79 Å². The summed E-state index contributed by atoms with van der Waals surface area (Å²) in [6.07, 6.45) is 0.0891. The molecule has 0 fully saturated rings. The van der Waals surface area contributed by atoms with Crippen LogP contribution in [0.25, 0.3) is 0 Å². The fraction of sp³-hybridized carbons (Fsp3) is 0.273. The van der Waals surface area contributed by atoms with Crippen LogP contribution < -0.4 is 0 Å². The number of ketones is 1. The van der Waals surface area contributed by atoms with Crippen molar-refractivity contribution in [2.24, 2.45) is 0 Å². The Morgan fingerprint density at radius 2 is 2.07 bits per heavy atom. The molecule has 0 aliphatic rings. The van der Waals surface area contributed by atoms with Gasteiger partial charge in [0.2, 0.25) is 5.78 Å². The molecule has 0 heterocycles. The maximum absolute atomic E-state index is 11.3. The molecule has 0 aliphatic carbocycles. The smallest absolute Gasteiger partial charge is 0.374 e. The molecule has 0 atom stereocenters. The number of carbonyl (C=O) groups is 2. The maximum atomic E-state index is 11.3. The van der Waals surface area contributed by atoms with Gasteiger partial charge in [0.25, 0.3) is 0 Å². The Morgan fingerprint density at radius 3 is 2.60 bits per heavy atom. The highest BCUT2D eigenvalue weighted by molar-refractivity contribution is 9.10. The Kier molecular flexibility index (Phi) is 4.03. The second-order valence-electron chi connectivity index (χ2n) is 3.16. The highest BCUT2D eigenvalue weighted by Crippen LogP contribution is 2.16. The molecule has 0 saturated carbocycles. The fourth-order valence-corrected chi connectivity index (χ4v) is 1.69. The Morgan fingerprint density at radius 1 is 1.40 bits per heavy atom. The number of hydrogen-bond acceptors (Lipinski definition) is 3. The molecule has 0 bridgehead atoms. The van der Waals surface area contributed by atoms with Crippen molar-refractivity contribution in [2.45, 2.75) is 13.3 Å². The molecule has 15 heavy (non-hydrogen) atoms. The minimum atomic E-state index is -0.794. The molecule has 1 rings (SSSR count). The number of halogens is 1. The van der Waals surface area contributed by atoms with Crippen LogP contribution in [-0.2, 0) is 20.7 Å². The zero-order chi connectivity index (χ0) is 11.4. The van der Waals surface area contributed by atoms with E-state index in [9.17, 15) is 9.59 Å². The van der Waals surface area contributed by atoms with Crippen LogP contribution in [0.3, 0.4) is 0 Å². The number of esters is 1. The predicted octanol–water partition coefficient (Wildman–Crippen LogP) is 2.04. The molecule has 0 radical (unpaired) electrons. The molecular formula is C11H11BrO3. The maximum Gasteiger partial charge on any atom is 0.374 e. The molecule has 80 valence electrons. The molecule has 1 aromatic carbocycles. The third kappa shape index (κ3) is 3.16. The zero-order valence-corrected chi connectivity index (χ0v) is 10.1. The molecule has 0 saturated heterocycles. The highest BCUT2D eigenvalue weighted by atomic mass is 79.9. The van der Waals surface area contributed by atoms with Crippen LogP contribution >= 0.6 is 15.9 Å². The lowest BCUT2D eigenvalue weighted by atomic mass is 10.0. The Bertz CT molecular complexity index is 399. The van der Waals surface area contributed by atoms with Crippen LogP contribution in [0.2, 0.25) is 0 Å². The Hall–Kier alpha value is -1.16. The van der Waals surface area contributed by atoms with E-state index in [4.69, 9.17) is 0 Å². The summed E-state index contributed by atoms with van der Waals surface area (Å²) in [7, 11) is 1.20. The number of Topliss-reactive ketones (excluding diaryl/α,β-unsaturated/α-hetero) is 1. The molecule has 0 unspecified atom stereocenters. The van der Waals surface area contributed by atoms with Gasteiger partial charge in [-0.3, -0.25) is 4.79 Å². The van der Waals surface area contributed by atoms with Crippen LogP contribution in [0.15, 0.2) is 22.7 Å². The van der Waals surface area contributed by atoms with Crippen molar-refractivity contribution in [3.05, 3.63) is 33.8 Å². The monoisotopic (exact) mass is 270 g/mol. The van der Waals surface area contributed by atoms with Crippen LogP contribution in [0.1, 0.15) is 11.1 Å². The second kappa shape index (κ2) is 5.07. The van der Waals surface area contributed by atoms with E-state index in [-0.39, 0.29) is 6.42 Å². The van der Waals surface area contributed by atoms with E-state index < -0.39 is 11.8 Å². The van der Waals surface area contributed by atoms with Crippen LogP contribution in [-0.4, -0.2) is 18.9 Å². The average Bonchev–Trinajstić information content (AvgIpc) is 2.20. The normalized spacial score (nSPS) is 9.80. The van der Waals surface area contributed by atoms with Crippen molar-refractivity contribution in [3.8, 4) is 0 Å². The van der Waals surface area contributed by atoms with Crippen molar-refractivity contribution >= 4 is 27.7 Å². The van der Waals surface area contributed by atoms with Crippen LogP contribution in [0, 0.1) is 6.92 Å². The fourth-order valence-electron chi connectivity index (χ4n) is 1.22. The van der Waals surface area contributed by atoms with Gasteiger partial charge in [-0.1, -0.05) is 22.0 Å². The predicted molar refractivity (Wildman–Crippen MR) is 59.6 cm³/mol. The topological polar surface area (TPSA) is 43.4 Å². The third-order valence-corrected chi connectivity index (χ3v) is 2.56. The Balaban J connectivity index is 2.81. The first-order valence-electron chi connectivity index (χ1n) is 4.40. The summed E-state index contributed by atoms with van der Waals surface area (Å²) < 4.78 is 5.30. The minimum Gasteiger partial charge on any atom is -0.463 e. The summed E-state index contributed by atoms with van der Waals surface area (Å²) in [4.78, 5) is 22.2. The number of rotatable bonds is 3. The van der Waals surface area contributed by atoms with E-state index in [0.717, 1.165) is 15.6 Å². The van der Waals surface area contributed by atoms with E-state index in [0.29, 0.717) is 0 Å². The van der Waals surface area contributed by atoms with E-state index in [1.807, 2.05) is 25.1 Å². The summed E-state index contributed by atoms with van der Waals surface area (Å²) in [6, 6.07) is 5.56. The van der Waals surface area contributed by atoms with Crippen LogP contribution in [0.4, 0.5) is 0 Å². The van der Waals surface area contributed by atoms with E-state index in [1.54, 1.807) is 0 Å². The molecular weight excluding hydrogens is 260 g/mol. The van der Waals surface area contributed by atoms with E-state index >= 15 is 0 Å². The second-order valence-corrected chi connectivity index (χ2v) is 4.08. The molecule has 0 aromatic heterocycles. The van der Waals surface area contributed by atoms with Gasteiger partial charge in [-0.15, -0.1) is 0 Å². The number of benzene rings is 1. The standard InChI is InChI=1S/C11H11BrO3/c1-7-5-9(12)4-3-8(7)6-10(13)11(14)15-2/h3-5H,6H2,1-2H3. The van der Waals surface area contributed by atoms with Crippen molar-refractivity contribution < 1.29 is 14.3 Å². The van der Waals surface area contributed by atoms with Gasteiger partial charge in [0, 0.05) is 10.9 Å². The largest absolute Gasteiger partial charge is 0.463 e. The Labute approximate surface area is 96.6 Å². The zero-order valence-electron chi connectivity index (χ0n) is 8.54. The summed E-state index contributed by atoms with van der Waals surface area (Å²) in [5, 5.41) is 0. The quantitative estimate of drug-likeness (QED) is 0.624. The van der Waals surface area contributed by atoms with Gasteiger partial charge in [0.05, 0.1) is 7.11 Å². The first-order valence-corrected chi connectivity index (χ1v) is 5.20. The lowest BCUT2D eigenvalue weighted by Crippen LogP contribution is -2.18. The minimum absolute atomic E-state index is 0.0891.